The lowest BCUT2D eigenvalue weighted by Crippen LogP contribution is -2.37. The standard InChI is InChI=1S/C19H21NO2/c21-19(22)18(20-13-5-2-6-14-20)17-11-9-16(10-12-17)15-7-3-1-4-8-15/h1,3-4,7-12,18H,2,5-6,13-14H2,(H,21,22)/t18-/m1/s1. The normalized spacial score (nSPS) is 17.1. The van der Waals surface area contributed by atoms with E-state index in [9.17, 15) is 9.90 Å². The van der Waals surface area contributed by atoms with Crippen molar-refractivity contribution in [2.75, 3.05) is 13.1 Å². The second-order valence-corrected chi connectivity index (χ2v) is 5.83. The zero-order valence-corrected chi connectivity index (χ0v) is 12.6. The van der Waals surface area contributed by atoms with Crippen LogP contribution in [0.15, 0.2) is 54.6 Å². The number of hydrogen-bond donors (Lipinski definition) is 1. The lowest BCUT2D eigenvalue weighted by molar-refractivity contribution is -0.144. The second kappa shape index (κ2) is 6.75. The zero-order chi connectivity index (χ0) is 15.4. The molecule has 0 saturated carbocycles. The lowest BCUT2D eigenvalue weighted by Gasteiger charge is -2.32. The van der Waals surface area contributed by atoms with Crippen molar-refractivity contribution in [3.05, 3.63) is 60.2 Å². The Morgan fingerprint density at radius 3 is 2.05 bits per heavy atom. The Morgan fingerprint density at radius 1 is 0.864 bits per heavy atom. The fraction of sp³-hybridized carbons (Fsp3) is 0.316. The molecular weight excluding hydrogens is 274 g/mol. The van der Waals surface area contributed by atoms with E-state index in [1.807, 2.05) is 42.5 Å². The van der Waals surface area contributed by atoms with Crippen molar-refractivity contribution < 1.29 is 9.90 Å². The van der Waals surface area contributed by atoms with Crippen LogP contribution in [0.3, 0.4) is 0 Å². The first kappa shape index (κ1) is 14.8. The largest absolute Gasteiger partial charge is 0.480 e. The summed E-state index contributed by atoms with van der Waals surface area (Å²) in [5, 5.41) is 9.62. The third-order valence-corrected chi connectivity index (χ3v) is 4.32. The molecule has 3 rings (SSSR count). The molecule has 2 aromatic carbocycles. The minimum atomic E-state index is -0.755. The summed E-state index contributed by atoms with van der Waals surface area (Å²) < 4.78 is 0. The van der Waals surface area contributed by atoms with Gasteiger partial charge in [-0.05, 0) is 42.6 Å². The number of nitrogens with zero attached hydrogens (tertiary/aromatic N) is 1. The Kier molecular flexibility index (Phi) is 4.54. The molecule has 114 valence electrons. The highest BCUT2D eigenvalue weighted by Gasteiger charge is 2.28. The third kappa shape index (κ3) is 3.20. The van der Waals surface area contributed by atoms with E-state index in [2.05, 4.69) is 17.0 Å². The van der Waals surface area contributed by atoms with Crippen molar-refractivity contribution in [2.45, 2.75) is 25.3 Å². The highest BCUT2D eigenvalue weighted by molar-refractivity contribution is 5.76. The van der Waals surface area contributed by atoms with E-state index in [1.165, 1.54) is 6.42 Å². The van der Waals surface area contributed by atoms with Gasteiger partial charge in [-0.1, -0.05) is 61.0 Å². The summed E-state index contributed by atoms with van der Waals surface area (Å²) in [6.45, 7) is 1.74. The maximum absolute atomic E-state index is 11.7. The number of carbonyl (C=O) groups is 1. The van der Waals surface area contributed by atoms with E-state index in [0.717, 1.165) is 42.6 Å². The Hall–Kier alpha value is -2.13. The fourth-order valence-electron chi connectivity index (χ4n) is 3.17. The minimum absolute atomic E-state index is 0.523. The van der Waals surface area contributed by atoms with Crippen molar-refractivity contribution in [1.82, 2.24) is 4.90 Å². The summed E-state index contributed by atoms with van der Waals surface area (Å²) in [5.41, 5.74) is 3.14. The van der Waals surface area contributed by atoms with Crippen LogP contribution < -0.4 is 0 Å². The van der Waals surface area contributed by atoms with Gasteiger partial charge in [-0.2, -0.15) is 0 Å². The molecule has 1 saturated heterocycles. The van der Waals surface area contributed by atoms with Gasteiger partial charge in [0.1, 0.15) is 6.04 Å². The molecule has 1 aliphatic heterocycles. The van der Waals surface area contributed by atoms with Crippen LogP contribution in [-0.2, 0) is 4.79 Å². The van der Waals surface area contributed by atoms with Crippen LogP contribution in [0.5, 0.6) is 0 Å². The highest BCUT2D eigenvalue weighted by atomic mass is 16.4. The Bertz CT molecular complexity index is 616. The van der Waals surface area contributed by atoms with Gasteiger partial charge in [-0.25, -0.2) is 0 Å². The van der Waals surface area contributed by atoms with Gasteiger partial charge in [0.2, 0.25) is 0 Å². The quantitative estimate of drug-likeness (QED) is 0.928. The van der Waals surface area contributed by atoms with Gasteiger partial charge >= 0.3 is 5.97 Å². The zero-order valence-electron chi connectivity index (χ0n) is 12.6. The van der Waals surface area contributed by atoms with E-state index < -0.39 is 12.0 Å². The molecule has 0 aromatic heterocycles. The maximum Gasteiger partial charge on any atom is 0.325 e. The minimum Gasteiger partial charge on any atom is -0.480 e. The third-order valence-electron chi connectivity index (χ3n) is 4.32. The average molecular weight is 295 g/mol. The summed E-state index contributed by atoms with van der Waals surface area (Å²) in [7, 11) is 0. The monoisotopic (exact) mass is 295 g/mol. The van der Waals surface area contributed by atoms with Crippen LogP contribution in [0.2, 0.25) is 0 Å². The molecule has 22 heavy (non-hydrogen) atoms. The molecule has 1 atom stereocenters. The molecule has 1 heterocycles. The Balaban J connectivity index is 1.84. The van der Waals surface area contributed by atoms with Crippen molar-refractivity contribution in [1.29, 1.82) is 0 Å². The second-order valence-electron chi connectivity index (χ2n) is 5.83. The molecule has 0 radical (unpaired) electrons. The highest BCUT2D eigenvalue weighted by Crippen LogP contribution is 2.27. The van der Waals surface area contributed by atoms with Crippen LogP contribution in [-0.4, -0.2) is 29.1 Å². The van der Waals surface area contributed by atoms with Gasteiger partial charge in [-0.3, -0.25) is 9.69 Å². The van der Waals surface area contributed by atoms with Crippen molar-refractivity contribution in [2.24, 2.45) is 0 Å². The number of likely N-dealkylation sites (tertiary alicyclic amines) is 1. The molecule has 1 aliphatic rings. The summed E-state index contributed by atoms with van der Waals surface area (Å²) in [6.07, 6.45) is 3.38. The number of aliphatic carboxylic acids is 1. The van der Waals surface area contributed by atoms with Crippen molar-refractivity contribution >= 4 is 5.97 Å². The van der Waals surface area contributed by atoms with E-state index >= 15 is 0 Å². The predicted octanol–water partition coefficient (Wildman–Crippen LogP) is 3.97. The first-order chi connectivity index (χ1) is 10.8. The van der Waals surface area contributed by atoms with Gasteiger partial charge in [0.05, 0.1) is 0 Å². The molecule has 3 heteroatoms. The first-order valence-corrected chi connectivity index (χ1v) is 7.88. The number of benzene rings is 2. The summed E-state index contributed by atoms with van der Waals surface area (Å²) in [4.78, 5) is 13.8. The molecule has 2 aromatic rings. The molecule has 0 unspecified atom stereocenters. The molecule has 0 bridgehead atoms. The molecule has 1 N–H and O–H groups in total. The number of rotatable bonds is 4. The Labute approximate surface area is 131 Å². The molecule has 1 fully saturated rings. The van der Waals surface area contributed by atoms with Gasteiger partial charge in [0, 0.05) is 0 Å². The van der Waals surface area contributed by atoms with Gasteiger partial charge in [0.25, 0.3) is 0 Å². The summed E-state index contributed by atoms with van der Waals surface area (Å²) in [5.74, 6) is -0.755. The molecule has 0 aliphatic carbocycles. The molecule has 3 nitrogen and oxygen atoms in total. The molecule has 0 spiro atoms. The topological polar surface area (TPSA) is 40.5 Å². The maximum atomic E-state index is 11.7. The fourth-order valence-corrected chi connectivity index (χ4v) is 3.17. The van der Waals surface area contributed by atoms with Crippen LogP contribution in [0, 0.1) is 0 Å². The smallest absolute Gasteiger partial charge is 0.325 e. The van der Waals surface area contributed by atoms with Crippen molar-refractivity contribution in [3.8, 4) is 11.1 Å². The first-order valence-electron chi connectivity index (χ1n) is 7.88. The summed E-state index contributed by atoms with van der Waals surface area (Å²) >= 11 is 0. The molecule has 0 amide bonds. The predicted molar refractivity (Wildman–Crippen MR) is 87.7 cm³/mol. The van der Waals surface area contributed by atoms with Crippen LogP contribution in [0.25, 0.3) is 11.1 Å². The van der Waals surface area contributed by atoms with E-state index in [-0.39, 0.29) is 0 Å². The molecular formula is C19H21NO2. The van der Waals surface area contributed by atoms with E-state index in [0.29, 0.717) is 0 Å². The summed E-state index contributed by atoms with van der Waals surface area (Å²) in [6, 6.07) is 17.6. The number of carboxylic acids is 1. The van der Waals surface area contributed by atoms with Gasteiger partial charge in [0.15, 0.2) is 0 Å². The SMILES string of the molecule is O=C(O)[C@@H](c1ccc(-c2ccccc2)cc1)N1CCCCC1. The number of piperidine rings is 1. The lowest BCUT2D eigenvalue weighted by atomic mass is 9.98. The van der Waals surface area contributed by atoms with Gasteiger partial charge < -0.3 is 5.11 Å². The van der Waals surface area contributed by atoms with E-state index in [1.54, 1.807) is 0 Å². The van der Waals surface area contributed by atoms with E-state index in [4.69, 9.17) is 0 Å². The van der Waals surface area contributed by atoms with Crippen LogP contribution in [0.1, 0.15) is 30.9 Å². The number of hydrogen-bond acceptors (Lipinski definition) is 2. The van der Waals surface area contributed by atoms with Crippen LogP contribution in [0.4, 0.5) is 0 Å². The van der Waals surface area contributed by atoms with Gasteiger partial charge in [-0.15, -0.1) is 0 Å². The Morgan fingerprint density at radius 2 is 1.45 bits per heavy atom. The number of carboxylic acid groups (broad SMARTS) is 1. The average Bonchev–Trinajstić information content (AvgIpc) is 2.57. The van der Waals surface area contributed by atoms with Crippen molar-refractivity contribution in [3.63, 3.8) is 0 Å². The van der Waals surface area contributed by atoms with Crippen LogP contribution >= 0.6 is 0 Å².